The van der Waals surface area contributed by atoms with E-state index in [0.717, 1.165) is 11.9 Å². The van der Waals surface area contributed by atoms with Gasteiger partial charge in [0.25, 0.3) is 0 Å². The molecule has 8 heteroatoms. The van der Waals surface area contributed by atoms with Crippen molar-refractivity contribution in [1.29, 1.82) is 0 Å². The fourth-order valence-corrected chi connectivity index (χ4v) is 3.96. The molecular formula is C16H15ClN4O3. The number of carboxylic acid groups (broad SMARTS) is 1. The summed E-state index contributed by atoms with van der Waals surface area (Å²) in [6.45, 7) is 0. The van der Waals surface area contributed by atoms with Crippen LogP contribution in [-0.4, -0.2) is 27.0 Å². The normalized spacial score (nSPS) is 27.5. The molecule has 1 saturated carbocycles. The fraction of sp³-hybridized carbons (Fsp3) is 0.312. The highest BCUT2D eigenvalue weighted by molar-refractivity contribution is 6.23. The number of fused-ring (bicyclic) bond motifs is 3. The van der Waals surface area contributed by atoms with Crippen LogP contribution in [0.4, 0.5) is 11.6 Å². The summed E-state index contributed by atoms with van der Waals surface area (Å²) in [5.41, 5.74) is 2.02. The number of aliphatic carboxylic acids is 1. The molecule has 2 aliphatic carbocycles. The van der Waals surface area contributed by atoms with Gasteiger partial charge in [-0.3, -0.25) is 14.4 Å². The molecule has 4 N–H and O–H groups in total. The number of anilines is 2. The summed E-state index contributed by atoms with van der Waals surface area (Å²) in [5, 5.41) is 12.3. The Kier molecular flexibility index (Phi) is 3.45. The zero-order valence-corrected chi connectivity index (χ0v) is 13.2. The van der Waals surface area contributed by atoms with Gasteiger partial charge in [0.2, 0.25) is 11.9 Å². The van der Waals surface area contributed by atoms with E-state index in [-0.39, 0.29) is 17.7 Å². The second-order valence-electron chi connectivity index (χ2n) is 6.24. The Labute approximate surface area is 142 Å². The first kappa shape index (κ1) is 15.0. The maximum absolute atomic E-state index is 12.6. The van der Waals surface area contributed by atoms with Gasteiger partial charge in [-0.05, 0) is 36.5 Å². The number of imidazole rings is 1. The number of carboxylic acids is 1. The van der Waals surface area contributed by atoms with E-state index in [0.29, 0.717) is 17.2 Å². The monoisotopic (exact) mass is 346 g/mol. The van der Waals surface area contributed by atoms with Gasteiger partial charge < -0.3 is 15.4 Å². The summed E-state index contributed by atoms with van der Waals surface area (Å²) in [6.07, 6.45) is 4.62. The van der Waals surface area contributed by atoms with Gasteiger partial charge >= 0.3 is 5.97 Å². The van der Waals surface area contributed by atoms with E-state index in [4.69, 9.17) is 11.8 Å². The van der Waals surface area contributed by atoms with Crippen molar-refractivity contribution in [2.45, 2.75) is 6.42 Å². The molecule has 1 aromatic heterocycles. The first-order valence-electron chi connectivity index (χ1n) is 7.65. The number of hydrogen-bond acceptors (Lipinski definition) is 4. The quantitative estimate of drug-likeness (QED) is 0.503. The van der Waals surface area contributed by atoms with Crippen molar-refractivity contribution in [3.63, 3.8) is 0 Å². The van der Waals surface area contributed by atoms with Crippen LogP contribution in [-0.2, 0) is 9.59 Å². The molecule has 0 spiro atoms. The van der Waals surface area contributed by atoms with Crippen LogP contribution < -0.4 is 10.2 Å². The SMILES string of the molecule is O=C(Nc1ccc2nc(NCl)[nH]c2c1)[C@@H]1C2C=CC(C2)[C@@H]1C(=O)O. The van der Waals surface area contributed by atoms with Crippen LogP contribution in [0, 0.1) is 23.7 Å². The van der Waals surface area contributed by atoms with E-state index >= 15 is 0 Å². The van der Waals surface area contributed by atoms with Crippen LogP contribution in [0.25, 0.3) is 11.0 Å². The van der Waals surface area contributed by atoms with Crippen molar-refractivity contribution in [2.24, 2.45) is 23.7 Å². The molecule has 2 bridgehead atoms. The lowest BCUT2D eigenvalue weighted by Gasteiger charge is -2.23. The Bertz CT molecular complexity index is 862. The van der Waals surface area contributed by atoms with Gasteiger partial charge in [-0.15, -0.1) is 0 Å². The summed E-state index contributed by atoms with van der Waals surface area (Å²) < 4.78 is 0. The number of amides is 1. The molecule has 1 heterocycles. The zero-order chi connectivity index (χ0) is 16.8. The topological polar surface area (TPSA) is 107 Å². The van der Waals surface area contributed by atoms with E-state index in [1.807, 2.05) is 12.2 Å². The van der Waals surface area contributed by atoms with Crippen molar-refractivity contribution in [3.05, 3.63) is 30.4 Å². The van der Waals surface area contributed by atoms with E-state index in [1.54, 1.807) is 18.2 Å². The molecule has 2 aromatic rings. The molecule has 2 aliphatic rings. The summed E-state index contributed by atoms with van der Waals surface area (Å²) in [6, 6.07) is 5.24. The average molecular weight is 347 g/mol. The summed E-state index contributed by atoms with van der Waals surface area (Å²) in [5.74, 6) is -1.98. The van der Waals surface area contributed by atoms with E-state index in [2.05, 4.69) is 20.1 Å². The van der Waals surface area contributed by atoms with Crippen LogP contribution in [0.3, 0.4) is 0 Å². The predicted octanol–water partition coefficient (Wildman–Crippen LogP) is 2.59. The average Bonchev–Trinajstić information content (AvgIpc) is 3.26. The minimum absolute atomic E-state index is 0.000892. The second kappa shape index (κ2) is 5.52. The molecule has 124 valence electrons. The predicted molar refractivity (Wildman–Crippen MR) is 89.6 cm³/mol. The third-order valence-electron chi connectivity index (χ3n) is 4.89. The molecule has 4 atom stereocenters. The number of carbonyl (C=O) groups excluding carboxylic acids is 1. The van der Waals surface area contributed by atoms with Crippen molar-refractivity contribution in [1.82, 2.24) is 9.97 Å². The molecule has 0 saturated heterocycles. The van der Waals surface area contributed by atoms with Crippen LogP contribution in [0.1, 0.15) is 6.42 Å². The number of aromatic nitrogens is 2. The largest absolute Gasteiger partial charge is 0.481 e. The molecule has 1 aromatic carbocycles. The van der Waals surface area contributed by atoms with Gasteiger partial charge in [0.05, 0.1) is 22.9 Å². The number of benzene rings is 1. The van der Waals surface area contributed by atoms with E-state index in [9.17, 15) is 14.7 Å². The Morgan fingerprint density at radius 1 is 1.25 bits per heavy atom. The van der Waals surface area contributed by atoms with Gasteiger partial charge in [-0.2, -0.15) is 0 Å². The molecule has 7 nitrogen and oxygen atoms in total. The molecule has 1 amide bonds. The smallest absolute Gasteiger partial charge is 0.307 e. The summed E-state index contributed by atoms with van der Waals surface area (Å²) in [4.78, 5) is 33.7. The lowest BCUT2D eigenvalue weighted by atomic mass is 9.82. The highest BCUT2D eigenvalue weighted by Crippen LogP contribution is 2.48. The van der Waals surface area contributed by atoms with Crippen LogP contribution >= 0.6 is 11.8 Å². The molecule has 2 unspecified atom stereocenters. The van der Waals surface area contributed by atoms with Crippen LogP contribution in [0.2, 0.25) is 0 Å². The first-order valence-corrected chi connectivity index (χ1v) is 8.03. The van der Waals surface area contributed by atoms with Gasteiger partial charge in [0.15, 0.2) is 0 Å². The number of halogens is 1. The van der Waals surface area contributed by atoms with Crippen LogP contribution in [0.5, 0.6) is 0 Å². The van der Waals surface area contributed by atoms with Crippen molar-refractivity contribution in [3.8, 4) is 0 Å². The van der Waals surface area contributed by atoms with Crippen LogP contribution in [0.15, 0.2) is 30.4 Å². The Morgan fingerprint density at radius 2 is 2.00 bits per heavy atom. The lowest BCUT2D eigenvalue weighted by molar-refractivity contribution is -0.146. The van der Waals surface area contributed by atoms with Gasteiger partial charge in [0, 0.05) is 17.5 Å². The Morgan fingerprint density at radius 3 is 2.71 bits per heavy atom. The fourth-order valence-electron chi connectivity index (χ4n) is 3.87. The van der Waals surface area contributed by atoms with E-state index < -0.39 is 17.8 Å². The molecular weight excluding hydrogens is 332 g/mol. The second-order valence-corrected chi connectivity index (χ2v) is 6.43. The van der Waals surface area contributed by atoms with Gasteiger partial charge in [0.1, 0.15) is 0 Å². The number of aromatic amines is 1. The minimum Gasteiger partial charge on any atom is -0.481 e. The third-order valence-corrected chi connectivity index (χ3v) is 5.07. The standard InChI is InChI=1S/C16H15ClN4O3/c17-21-16-19-10-4-3-9(6-11(10)20-16)18-14(22)12-7-1-2-8(5-7)13(12)15(23)24/h1-4,6-8,12-13H,5H2,(H,18,22)(H,23,24)(H2,19,20,21)/t7?,8?,12-,13+/m1/s1. The van der Waals surface area contributed by atoms with Gasteiger partial charge in [-0.1, -0.05) is 12.2 Å². The van der Waals surface area contributed by atoms with Crippen molar-refractivity contribution >= 4 is 46.3 Å². The Hall–Kier alpha value is -2.54. The number of hydrogen-bond donors (Lipinski definition) is 4. The maximum atomic E-state index is 12.6. The lowest BCUT2D eigenvalue weighted by Crippen LogP contribution is -2.36. The molecule has 24 heavy (non-hydrogen) atoms. The number of carbonyl (C=O) groups is 2. The molecule has 0 aliphatic heterocycles. The highest BCUT2D eigenvalue weighted by atomic mass is 35.5. The minimum atomic E-state index is -0.908. The summed E-state index contributed by atoms with van der Waals surface area (Å²) in [7, 11) is 0. The van der Waals surface area contributed by atoms with E-state index in [1.165, 1.54) is 0 Å². The number of rotatable bonds is 4. The number of nitrogens with one attached hydrogen (secondary N) is 3. The number of allylic oxidation sites excluding steroid dienone is 2. The Balaban J connectivity index is 1.57. The molecule has 1 fully saturated rings. The zero-order valence-electron chi connectivity index (χ0n) is 12.5. The van der Waals surface area contributed by atoms with Gasteiger partial charge in [-0.25, -0.2) is 4.98 Å². The molecule has 4 rings (SSSR count). The highest BCUT2D eigenvalue weighted by Gasteiger charge is 2.51. The third kappa shape index (κ3) is 2.32. The first-order chi connectivity index (χ1) is 11.6. The summed E-state index contributed by atoms with van der Waals surface area (Å²) >= 11 is 5.51. The number of nitrogens with zero attached hydrogens (tertiary/aromatic N) is 1. The molecule has 0 radical (unpaired) electrons. The van der Waals surface area contributed by atoms with Crippen molar-refractivity contribution in [2.75, 3.05) is 10.2 Å². The number of H-pyrrole nitrogens is 1. The maximum Gasteiger partial charge on any atom is 0.307 e. The van der Waals surface area contributed by atoms with Crippen molar-refractivity contribution < 1.29 is 14.7 Å².